The topological polar surface area (TPSA) is 66.9 Å². The second kappa shape index (κ2) is 9.89. The van der Waals surface area contributed by atoms with Crippen LogP contribution in [0.3, 0.4) is 0 Å². The molecule has 1 aliphatic rings. The summed E-state index contributed by atoms with van der Waals surface area (Å²) in [5.74, 6) is 0.761. The van der Waals surface area contributed by atoms with Crippen molar-refractivity contribution in [3.05, 3.63) is 54.4 Å². The largest absolute Gasteiger partial charge is 0.489 e. The second-order valence-electron chi connectivity index (χ2n) is 6.42. The van der Waals surface area contributed by atoms with E-state index in [0.29, 0.717) is 6.61 Å². The van der Waals surface area contributed by atoms with E-state index >= 15 is 0 Å². The number of piperazine rings is 1. The van der Waals surface area contributed by atoms with Gasteiger partial charge in [-0.25, -0.2) is 4.79 Å². The summed E-state index contributed by atoms with van der Waals surface area (Å²) in [5, 5.41) is 2.95. The molecule has 7 heteroatoms. The summed E-state index contributed by atoms with van der Waals surface area (Å²) in [4.78, 5) is 20.6. The molecular weight excluding hydrogens is 344 g/mol. The molecule has 0 spiro atoms. The lowest BCUT2D eigenvalue weighted by atomic mass is 10.3. The fourth-order valence-corrected chi connectivity index (χ4v) is 2.88. The normalized spacial score (nSPS) is 14.8. The first-order valence-electron chi connectivity index (χ1n) is 9.13. The summed E-state index contributed by atoms with van der Waals surface area (Å²) in [7, 11) is 1.71. The number of carbonyl (C=O) groups is 1. The minimum absolute atomic E-state index is 0.0631. The van der Waals surface area contributed by atoms with Crippen molar-refractivity contribution in [2.24, 2.45) is 0 Å². The first-order chi connectivity index (χ1) is 13.2. The first kappa shape index (κ1) is 19.1. The van der Waals surface area contributed by atoms with Gasteiger partial charge in [-0.15, -0.1) is 0 Å². The molecule has 1 aromatic carbocycles. The van der Waals surface area contributed by atoms with E-state index in [4.69, 9.17) is 9.47 Å². The third-order valence-corrected chi connectivity index (χ3v) is 4.53. The lowest BCUT2D eigenvalue weighted by Crippen LogP contribution is -2.50. The zero-order chi connectivity index (χ0) is 18.9. The number of nitrogens with zero attached hydrogens (tertiary/aromatic N) is 3. The molecule has 1 N–H and O–H groups in total. The summed E-state index contributed by atoms with van der Waals surface area (Å²) in [6.45, 7) is 5.32. The molecule has 27 heavy (non-hydrogen) atoms. The van der Waals surface area contributed by atoms with Gasteiger partial charge in [-0.2, -0.15) is 0 Å². The predicted molar refractivity (Wildman–Crippen MR) is 104 cm³/mol. The molecule has 144 valence electrons. The molecule has 0 atom stereocenters. The molecule has 1 aliphatic heterocycles. The van der Waals surface area contributed by atoms with Gasteiger partial charge in [0.15, 0.2) is 0 Å². The number of methoxy groups -OCH3 is 1. The monoisotopic (exact) mass is 370 g/mol. The Bertz CT molecular complexity index is 701. The molecule has 0 bridgehead atoms. The van der Waals surface area contributed by atoms with E-state index in [2.05, 4.69) is 15.2 Å². The fraction of sp³-hybridized carbons (Fsp3) is 0.400. The molecule has 2 heterocycles. The molecular formula is C20H26N4O3. The van der Waals surface area contributed by atoms with Crippen molar-refractivity contribution >= 4 is 11.7 Å². The third kappa shape index (κ3) is 5.94. The van der Waals surface area contributed by atoms with Crippen LogP contribution in [-0.2, 0) is 11.3 Å². The minimum atomic E-state index is -0.0631. The average molecular weight is 370 g/mol. The molecule has 2 aromatic rings. The number of hydrogen-bond acceptors (Lipinski definition) is 5. The van der Waals surface area contributed by atoms with E-state index in [9.17, 15) is 4.79 Å². The number of urea groups is 1. The van der Waals surface area contributed by atoms with Crippen LogP contribution in [0.5, 0.6) is 5.75 Å². The van der Waals surface area contributed by atoms with Crippen molar-refractivity contribution in [2.45, 2.75) is 6.61 Å². The maximum Gasteiger partial charge on any atom is 0.321 e. The van der Waals surface area contributed by atoms with Crippen molar-refractivity contribution in [1.82, 2.24) is 14.8 Å². The lowest BCUT2D eigenvalue weighted by molar-refractivity contribution is 0.109. The highest BCUT2D eigenvalue weighted by atomic mass is 16.5. The van der Waals surface area contributed by atoms with E-state index in [1.165, 1.54) is 0 Å². The van der Waals surface area contributed by atoms with Gasteiger partial charge in [0.1, 0.15) is 12.4 Å². The van der Waals surface area contributed by atoms with Crippen LogP contribution < -0.4 is 10.1 Å². The van der Waals surface area contributed by atoms with Crippen molar-refractivity contribution in [2.75, 3.05) is 51.8 Å². The van der Waals surface area contributed by atoms with Crippen LogP contribution in [0.15, 0.2) is 48.8 Å². The Balaban J connectivity index is 1.43. The molecule has 3 rings (SSSR count). The van der Waals surface area contributed by atoms with Gasteiger partial charge in [0, 0.05) is 57.9 Å². The molecule has 1 saturated heterocycles. The van der Waals surface area contributed by atoms with Gasteiger partial charge < -0.3 is 19.7 Å². The minimum Gasteiger partial charge on any atom is -0.489 e. The molecule has 1 aromatic heterocycles. The number of anilines is 1. The Labute approximate surface area is 159 Å². The van der Waals surface area contributed by atoms with Crippen molar-refractivity contribution in [1.29, 1.82) is 0 Å². The molecule has 0 aliphatic carbocycles. The van der Waals surface area contributed by atoms with Crippen LogP contribution in [0.1, 0.15) is 5.56 Å². The first-order valence-corrected chi connectivity index (χ1v) is 9.13. The fourth-order valence-electron chi connectivity index (χ4n) is 2.88. The highest BCUT2D eigenvalue weighted by Crippen LogP contribution is 2.17. The average Bonchev–Trinajstić information content (AvgIpc) is 2.73. The molecule has 7 nitrogen and oxygen atoms in total. The number of hydrogen-bond donors (Lipinski definition) is 1. The highest BCUT2D eigenvalue weighted by Gasteiger charge is 2.20. The van der Waals surface area contributed by atoms with Gasteiger partial charge in [0.25, 0.3) is 0 Å². The van der Waals surface area contributed by atoms with Gasteiger partial charge in [-0.3, -0.25) is 9.88 Å². The molecule has 1 fully saturated rings. The maximum atomic E-state index is 12.4. The number of carbonyl (C=O) groups excluding carboxylic acids is 1. The van der Waals surface area contributed by atoms with Crippen LogP contribution >= 0.6 is 0 Å². The van der Waals surface area contributed by atoms with E-state index < -0.39 is 0 Å². The maximum absolute atomic E-state index is 12.4. The zero-order valence-electron chi connectivity index (χ0n) is 15.6. The van der Waals surface area contributed by atoms with Gasteiger partial charge in [-0.05, 0) is 42.0 Å². The molecule has 2 amide bonds. The summed E-state index contributed by atoms with van der Waals surface area (Å²) >= 11 is 0. The summed E-state index contributed by atoms with van der Waals surface area (Å²) < 4.78 is 10.8. The Morgan fingerprint density at radius 2 is 1.78 bits per heavy atom. The molecule has 0 saturated carbocycles. The van der Waals surface area contributed by atoms with E-state index in [1.807, 2.05) is 41.3 Å². The van der Waals surface area contributed by atoms with E-state index in [1.54, 1.807) is 19.5 Å². The van der Waals surface area contributed by atoms with Crippen LogP contribution in [-0.4, -0.2) is 67.3 Å². The van der Waals surface area contributed by atoms with Crippen molar-refractivity contribution < 1.29 is 14.3 Å². The summed E-state index contributed by atoms with van der Waals surface area (Å²) in [5.41, 5.74) is 1.82. The zero-order valence-corrected chi connectivity index (χ0v) is 15.6. The third-order valence-electron chi connectivity index (χ3n) is 4.53. The summed E-state index contributed by atoms with van der Waals surface area (Å²) in [6.07, 6.45) is 3.49. The van der Waals surface area contributed by atoms with Crippen LogP contribution in [0.2, 0.25) is 0 Å². The van der Waals surface area contributed by atoms with E-state index in [-0.39, 0.29) is 6.03 Å². The van der Waals surface area contributed by atoms with Gasteiger partial charge in [-0.1, -0.05) is 0 Å². The van der Waals surface area contributed by atoms with Crippen molar-refractivity contribution in [3.8, 4) is 5.75 Å². The van der Waals surface area contributed by atoms with Crippen molar-refractivity contribution in [3.63, 3.8) is 0 Å². The Hall–Kier alpha value is -2.64. The lowest BCUT2D eigenvalue weighted by Gasteiger charge is -2.34. The Morgan fingerprint density at radius 1 is 1.07 bits per heavy atom. The van der Waals surface area contributed by atoms with E-state index in [0.717, 1.165) is 56.3 Å². The number of ether oxygens (including phenoxy) is 2. The van der Waals surface area contributed by atoms with Gasteiger partial charge >= 0.3 is 6.03 Å². The highest BCUT2D eigenvalue weighted by molar-refractivity contribution is 5.89. The quantitative estimate of drug-likeness (QED) is 0.811. The number of nitrogens with one attached hydrogen (secondary N) is 1. The standard InChI is InChI=1S/C20H26N4O3/c1-26-15-14-23-10-12-24(13-11-23)20(25)22-18-2-4-19(5-3-18)27-16-17-6-8-21-9-7-17/h2-9H,10-16H2,1H3,(H,22,25). The number of aromatic nitrogens is 1. The predicted octanol–water partition coefficient (Wildman–Crippen LogP) is 2.46. The Kier molecular flexibility index (Phi) is 7.01. The van der Waals surface area contributed by atoms with Gasteiger partial charge in [0.2, 0.25) is 0 Å². The number of amides is 2. The van der Waals surface area contributed by atoms with Gasteiger partial charge in [0.05, 0.1) is 6.61 Å². The number of rotatable bonds is 7. The SMILES string of the molecule is COCCN1CCN(C(=O)Nc2ccc(OCc3ccncc3)cc2)CC1. The van der Waals surface area contributed by atoms with Crippen LogP contribution in [0.4, 0.5) is 10.5 Å². The number of benzene rings is 1. The molecule has 0 radical (unpaired) electrons. The van der Waals surface area contributed by atoms with Crippen LogP contribution in [0, 0.1) is 0 Å². The molecule has 0 unspecified atom stereocenters. The van der Waals surface area contributed by atoms with Crippen LogP contribution in [0.25, 0.3) is 0 Å². The smallest absolute Gasteiger partial charge is 0.321 e. The Morgan fingerprint density at radius 3 is 2.44 bits per heavy atom. The summed E-state index contributed by atoms with van der Waals surface area (Å²) in [6, 6.07) is 11.2. The number of pyridine rings is 1. The second-order valence-corrected chi connectivity index (χ2v) is 6.42.